The molecule has 2 fully saturated rings. The van der Waals surface area contributed by atoms with Crippen LogP contribution in [0.5, 0.6) is 0 Å². The molecule has 0 saturated carbocycles. The molecular weight excluding hydrogens is 945 g/mol. The summed E-state index contributed by atoms with van der Waals surface area (Å²) >= 11 is 0. The van der Waals surface area contributed by atoms with Gasteiger partial charge in [0.25, 0.3) is 0 Å². The maximum atomic E-state index is 7.07. The van der Waals surface area contributed by atoms with Crippen molar-refractivity contribution in [2.45, 2.75) is 309 Å². The first-order valence-electron chi connectivity index (χ1n) is 26.7. The average Bonchev–Trinajstić information content (AvgIpc) is 4.00. The second-order valence-corrected chi connectivity index (χ2v) is 57.8. The molecule has 0 aromatic carbocycles. The SMILES string of the molecule is C=C(C)[C@@H](O[Si](C)(C)C)[C@]1(C)O[C@H]1[C@@H](CO[Si](C(C)C)(C(C)C)C(C)C)O[Si](C)(C)C(C)(C)C.C=C(C)[C@H](O[Si](C)(C)C)[C@]1(C)O[C@H]1[C@@H](CO[Si](C(C)C)(C(C)C)C(C)C)O[Si](C)(C)C(C)(C)C. The Morgan fingerprint density at radius 2 is 0.676 bits per heavy atom. The van der Waals surface area contributed by atoms with E-state index in [0.29, 0.717) is 46.5 Å². The fourth-order valence-electron chi connectivity index (χ4n) is 10.8. The second kappa shape index (κ2) is 23.6. The van der Waals surface area contributed by atoms with Gasteiger partial charge in [-0.25, -0.2) is 0 Å². The maximum Gasteiger partial charge on any atom is 0.200 e. The third-order valence-electron chi connectivity index (χ3n) is 16.2. The van der Waals surface area contributed by atoms with Crippen molar-refractivity contribution in [3.63, 3.8) is 0 Å². The van der Waals surface area contributed by atoms with Crippen LogP contribution in [0.3, 0.4) is 0 Å². The fourth-order valence-corrected chi connectivity index (χ4v) is 26.6. The van der Waals surface area contributed by atoms with Gasteiger partial charge in [-0.05, 0) is 136 Å². The van der Waals surface area contributed by atoms with Gasteiger partial charge in [-0.1, -0.05) is 149 Å². The summed E-state index contributed by atoms with van der Waals surface area (Å²) in [5.74, 6) is 0. The lowest BCUT2D eigenvalue weighted by molar-refractivity contribution is 0.0807. The van der Waals surface area contributed by atoms with Gasteiger partial charge in [0.15, 0.2) is 49.9 Å². The number of epoxide rings is 2. The van der Waals surface area contributed by atoms with Gasteiger partial charge in [0.05, 0.1) is 37.6 Å². The Bertz CT molecular complexity index is 1460. The van der Waals surface area contributed by atoms with Crippen LogP contribution >= 0.6 is 0 Å². The molecule has 0 aromatic heterocycles. The second-order valence-electron chi connectivity index (χ2n) is 28.4. The minimum Gasteiger partial charge on any atom is -0.413 e. The molecule has 2 heterocycles. The summed E-state index contributed by atoms with van der Waals surface area (Å²) in [6.07, 6.45) is -0.591. The van der Waals surface area contributed by atoms with E-state index in [1.807, 2.05) is 0 Å². The van der Waals surface area contributed by atoms with Crippen molar-refractivity contribution < 1.29 is 36.0 Å². The van der Waals surface area contributed by atoms with Crippen LogP contribution in [0.15, 0.2) is 24.3 Å². The summed E-state index contributed by atoms with van der Waals surface area (Å²) in [7, 11) is -11.7. The minimum absolute atomic E-state index is 0.0575. The molecule has 0 spiro atoms. The van der Waals surface area contributed by atoms with E-state index in [2.05, 4.69) is 231 Å². The molecule has 0 amide bonds. The summed E-state index contributed by atoms with van der Waals surface area (Å²) < 4.78 is 54.5. The van der Waals surface area contributed by atoms with Crippen LogP contribution in [0, 0.1) is 0 Å². The van der Waals surface area contributed by atoms with Gasteiger partial charge in [0.2, 0.25) is 0 Å². The van der Waals surface area contributed by atoms with Gasteiger partial charge in [-0.3, -0.25) is 0 Å². The predicted molar refractivity (Wildman–Crippen MR) is 311 cm³/mol. The lowest BCUT2D eigenvalue weighted by Gasteiger charge is -2.44. The van der Waals surface area contributed by atoms with Crippen molar-refractivity contribution >= 4 is 49.9 Å². The molecule has 404 valence electrons. The third kappa shape index (κ3) is 16.2. The lowest BCUT2D eigenvalue weighted by Crippen LogP contribution is -2.53. The highest BCUT2D eigenvalue weighted by Gasteiger charge is 2.65. The molecule has 8 atom stereocenters. The molecule has 0 aromatic rings. The molecule has 0 unspecified atom stereocenters. The first-order valence-corrected chi connectivity index (χ1v) is 43.6. The molecule has 2 aliphatic rings. The van der Waals surface area contributed by atoms with Crippen LogP contribution in [0.25, 0.3) is 0 Å². The summed E-state index contributed by atoms with van der Waals surface area (Å²) in [6.45, 7) is 82.7. The Kier molecular flexibility index (Phi) is 23.0. The number of ether oxygens (including phenoxy) is 2. The minimum atomic E-state index is -2.04. The van der Waals surface area contributed by atoms with Crippen molar-refractivity contribution in [1.82, 2.24) is 0 Å². The first-order chi connectivity index (χ1) is 30.1. The van der Waals surface area contributed by atoms with Crippen LogP contribution in [-0.2, 0) is 36.0 Å². The molecular formula is C54H116O8Si6. The standard InChI is InChI=1S/2C27H58O4Si3/c2*1-19(2)24(31-32(13,14)15)27(12)25(29-27)23(30-33(16,17)26(9,10)11)18-28-34(20(3)4,21(5)6)22(7)8/h2*20-25H,1,18H2,2-17H3/t23-,24+,25+,27+;23-,24-,25+,27+/m11/s1. The van der Waals surface area contributed by atoms with E-state index in [-0.39, 0.29) is 46.7 Å². The first kappa shape index (κ1) is 66.5. The van der Waals surface area contributed by atoms with Crippen LogP contribution in [0.2, 0.25) is 109 Å². The highest BCUT2D eigenvalue weighted by molar-refractivity contribution is 6.78. The topological polar surface area (TPSA) is 80.4 Å². The Morgan fingerprint density at radius 3 is 0.838 bits per heavy atom. The third-order valence-corrected chi connectivity index (χ3v) is 39.3. The summed E-state index contributed by atoms with van der Waals surface area (Å²) in [5, 5.41) is 0.226. The molecule has 68 heavy (non-hydrogen) atoms. The van der Waals surface area contributed by atoms with Crippen molar-refractivity contribution in [3.8, 4) is 0 Å². The van der Waals surface area contributed by atoms with Gasteiger partial charge in [0, 0.05) is 0 Å². The smallest absolute Gasteiger partial charge is 0.200 e. The molecule has 2 aliphatic heterocycles. The quantitative estimate of drug-likeness (QED) is 0.0482. The average molecular weight is 1060 g/mol. The maximum absolute atomic E-state index is 7.07. The van der Waals surface area contributed by atoms with Gasteiger partial charge < -0.3 is 36.0 Å². The van der Waals surface area contributed by atoms with E-state index in [0.717, 1.165) is 11.1 Å². The summed E-state index contributed by atoms with van der Waals surface area (Å²) in [6, 6.07) is 0. The van der Waals surface area contributed by atoms with Crippen molar-refractivity contribution in [3.05, 3.63) is 24.3 Å². The lowest BCUT2D eigenvalue weighted by atomic mass is 9.93. The van der Waals surface area contributed by atoms with Crippen LogP contribution < -0.4 is 0 Å². The Labute approximate surface area is 430 Å². The van der Waals surface area contributed by atoms with Crippen molar-refractivity contribution in [2.24, 2.45) is 0 Å². The van der Waals surface area contributed by atoms with E-state index in [4.69, 9.17) is 36.0 Å². The van der Waals surface area contributed by atoms with E-state index in [1.54, 1.807) is 0 Å². The number of hydrogen-bond donors (Lipinski definition) is 0. The van der Waals surface area contributed by atoms with E-state index >= 15 is 0 Å². The largest absolute Gasteiger partial charge is 0.413 e. The van der Waals surface area contributed by atoms with E-state index in [1.165, 1.54) is 0 Å². The normalized spacial score (nSPS) is 24.1. The molecule has 2 saturated heterocycles. The molecule has 0 bridgehead atoms. The molecule has 0 radical (unpaired) electrons. The van der Waals surface area contributed by atoms with E-state index in [9.17, 15) is 0 Å². The van der Waals surface area contributed by atoms with Gasteiger partial charge >= 0.3 is 0 Å². The number of hydrogen-bond acceptors (Lipinski definition) is 8. The molecule has 8 nitrogen and oxygen atoms in total. The summed E-state index contributed by atoms with van der Waals surface area (Å²) in [5.41, 5.74) is 4.38. The molecule has 0 N–H and O–H groups in total. The molecule has 14 heteroatoms. The van der Waals surface area contributed by atoms with E-state index < -0.39 is 61.1 Å². The number of rotatable bonds is 26. The van der Waals surface area contributed by atoms with Gasteiger partial charge in [0.1, 0.15) is 23.4 Å². The Balaban J connectivity index is 0.000000680. The molecule has 2 rings (SSSR count). The van der Waals surface area contributed by atoms with Crippen LogP contribution in [0.4, 0.5) is 0 Å². The molecule has 0 aliphatic carbocycles. The monoisotopic (exact) mass is 1060 g/mol. The zero-order valence-corrected chi connectivity index (χ0v) is 57.0. The fraction of sp³-hybridized carbons (Fsp3) is 0.926. The summed E-state index contributed by atoms with van der Waals surface area (Å²) in [4.78, 5) is 0. The van der Waals surface area contributed by atoms with Gasteiger partial charge in [-0.2, -0.15) is 0 Å². The van der Waals surface area contributed by atoms with Crippen molar-refractivity contribution in [1.29, 1.82) is 0 Å². The zero-order valence-electron chi connectivity index (χ0n) is 51.0. The Morgan fingerprint density at radius 1 is 0.456 bits per heavy atom. The van der Waals surface area contributed by atoms with Crippen LogP contribution in [0.1, 0.15) is 152 Å². The highest BCUT2D eigenvalue weighted by Crippen LogP contribution is 2.52. The van der Waals surface area contributed by atoms with Crippen molar-refractivity contribution in [2.75, 3.05) is 13.2 Å². The van der Waals surface area contributed by atoms with Crippen LogP contribution in [-0.4, -0.2) is 111 Å². The zero-order chi connectivity index (χ0) is 54.2. The predicted octanol–water partition coefficient (Wildman–Crippen LogP) is 17.0. The van der Waals surface area contributed by atoms with Gasteiger partial charge in [-0.15, -0.1) is 0 Å². The Hall–Kier alpha value is 0.461. The highest BCUT2D eigenvalue weighted by atomic mass is 28.4.